The Morgan fingerprint density at radius 3 is 2.61 bits per heavy atom. The van der Waals surface area contributed by atoms with E-state index < -0.39 is 5.60 Å². The highest BCUT2D eigenvalue weighted by atomic mass is 16.3. The van der Waals surface area contributed by atoms with E-state index in [1.54, 1.807) is 6.20 Å². The van der Waals surface area contributed by atoms with Gasteiger partial charge >= 0.3 is 0 Å². The van der Waals surface area contributed by atoms with Crippen LogP contribution in [0.4, 0.5) is 5.69 Å². The van der Waals surface area contributed by atoms with Crippen LogP contribution in [0.5, 0.6) is 0 Å². The van der Waals surface area contributed by atoms with E-state index in [1.807, 2.05) is 32.0 Å². The summed E-state index contributed by atoms with van der Waals surface area (Å²) in [5.41, 5.74) is 4.99. The van der Waals surface area contributed by atoms with E-state index >= 15 is 0 Å². The molecule has 1 heterocycles. The lowest BCUT2D eigenvalue weighted by Crippen LogP contribution is -2.66. The average Bonchev–Trinajstić information content (AvgIpc) is 3.00. The molecular weight excluding hydrogens is 446 g/mol. The van der Waals surface area contributed by atoms with Crippen LogP contribution in [0.2, 0.25) is 0 Å². The number of hydrogen-bond acceptors (Lipinski definition) is 4. The monoisotopic (exact) mass is 483 g/mol. The molecule has 2 aliphatic carbocycles. The maximum absolute atomic E-state index is 13.2. The largest absolute Gasteiger partial charge is 0.390 e. The smallest absolute Gasteiger partial charge is 0.255 e. The van der Waals surface area contributed by atoms with Crippen molar-refractivity contribution in [3.8, 4) is 0 Å². The number of amides is 1. The zero-order valence-corrected chi connectivity index (χ0v) is 21.6. The molecule has 1 saturated carbocycles. The number of hydrogen-bond donors (Lipinski definition) is 3. The fourth-order valence-corrected chi connectivity index (χ4v) is 6.90. The van der Waals surface area contributed by atoms with Crippen LogP contribution >= 0.6 is 0 Å². The van der Waals surface area contributed by atoms with Crippen molar-refractivity contribution < 1.29 is 9.90 Å². The first kappa shape index (κ1) is 24.7. The number of fused-ring (bicyclic) bond motifs is 3. The summed E-state index contributed by atoms with van der Waals surface area (Å²) < 4.78 is 0. The van der Waals surface area contributed by atoms with Crippen molar-refractivity contribution in [1.82, 2.24) is 10.3 Å². The van der Waals surface area contributed by atoms with Crippen LogP contribution in [0.15, 0.2) is 66.9 Å². The molecule has 0 saturated heterocycles. The minimum atomic E-state index is -0.699. The van der Waals surface area contributed by atoms with Crippen molar-refractivity contribution in [2.45, 2.75) is 75.3 Å². The summed E-state index contributed by atoms with van der Waals surface area (Å²) in [4.78, 5) is 17.5. The average molecular weight is 484 g/mol. The van der Waals surface area contributed by atoms with Gasteiger partial charge in [0.2, 0.25) is 0 Å². The molecule has 36 heavy (non-hydrogen) atoms. The third-order valence-electron chi connectivity index (χ3n) is 8.70. The van der Waals surface area contributed by atoms with Gasteiger partial charge in [0.25, 0.3) is 5.91 Å². The molecule has 0 radical (unpaired) electrons. The molecule has 188 valence electrons. The van der Waals surface area contributed by atoms with Crippen molar-refractivity contribution in [1.29, 1.82) is 0 Å². The molecule has 3 aromatic rings. The summed E-state index contributed by atoms with van der Waals surface area (Å²) in [7, 11) is 2.06. The van der Waals surface area contributed by atoms with Gasteiger partial charge in [0.1, 0.15) is 0 Å². The van der Waals surface area contributed by atoms with Crippen LogP contribution in [0.1, 0.15) is 71.8 Å². The molecule has 1 amide bonds. The van der Waals surface area contributed by atoms with Gasteiger partial charge in [-0.05, 0) is 107 Å². The number of pyridine rings is 1. The second-order valence-electron chi connectivity index (χ2n) is 11.1. The van der Waals surface area contributed by atoms with Crippen LogP contribution in [-0.2, 0) is 18.3 Å². The Morgan fingerprint density at radius 2 is 1.86 bits per heavy atom. The SMILES string of the molecule is CNC12CCCc3cc(C(=O)Nc4cccnc4C)ccc3C1(Cc1ccccc1)CCC(C)(O)C2. The number of anilines is 1. The van der Waals surface area contributed by atoms with Gasteiger partial charge in [0.15, 0.2) is 0 Å². The number of aryl methyl sites for hydroxylation is 2. The van der Waals surface area contributed by atoms with Gasteiger partial charge < -0.3 is 15.7 Å². The molecule has 2 aromatic carbocycles. The number of carbonyl (C=O) groups is 1. The summed E-state index contributed by atoms with van der Waals surface area (Å²) in [6.45, 7) is 3.88. The topological polar surface area (TPSA) is 74.2 Å². The molecule has 3 N–H and O–H groups in total. The first-order valence-corrected chi connectivity index (χ1v) is 13.1. The third-order valence-corrected chi connectivity index (χ3v) is 8.70. The number of nitrogens with zero attached hydrogens (tertiary/aromatic N) is 1. The van der Waals surface area contributed by atoms with Gasteiger partial charge in [0.05, 0.1) is 17.0 Å². The number of benzene rings is 2. The maximum Gasteiger partial charge on any atom is 0.255 e. The summed E-state index contributed by atoms with van der Waals surface area (Å²) >= 11 is 0. The van der Waals surface area contributed by atoms with Crippen molar-refractivity contribution >= 4 is 11.6 Å². The van der Waals surface area contributed by atoms with Gasteiger partial charge in [-0.3, -0.25) is 9.78 Å². The van der Waals surface area contributed by atoms with Crippen molar-refractivity contribution in [2.75, 3.05) is 12.4 Å². The first-order valence-electron chi connectivity index (χ1n) is 13.1. The van der Waals surface area contributed by atoms with Crippen LogP contribution in [0.3, 0.4) is 0 Å². The molecular formula is C31H37N3O2. The minimum Gasteiger partial charge on any atom is -0.390 e. The summed E-state index contributed by atoms with van der Waals surface area (Å²) in [5, 5.41) is 18.0. The minimum absolute atomic E-state index is 0.110. The lowest BCUT2D eigenvalue weighted by atomic mass is 9.52. The molecule has 0 spiro atoms. The highest BCUT2D eigenvalue weighted by molar-refractivity contribution is 6.04. The van der Waals surface area contributed by atoms with E-state index in [0.29, 0.717) is 12.0 Å². The fourth-order valence-electron chi connectivity index (χ4n) is 6.90. The highest BCUT2D eigenvalue weighted by Gasteiger charge is 2.58. The molecule has 5 heteroatoms. The van der Waals surface area contributed by atoms with Gasteiger partial charge in [0, 0.05) is 22.7 Å². The number of rotatable bonds is 5. The van der Waals surface area contributed by atoms with E-state index in [-0.39, 0.29) is 16.9 Å². The summed E-state index contributed by atoms with van der Waals surface area (Å²) in [5.74, 6) is -0.110. The molecule has 3 atom stereocenters. The molecule has 5 nitrogen and oxygen atoms in total. The molecule has 0 aliphatic heterocycles. The van der Waals surface area contributed by atoms with E-state index in [4.69, 9.17) is 0 Å². The Labute approximate surface area is 214 Å². The van der Waals surface area contributed by atoms with Crippen LogP contribution < -0.4 is 10.6 Å². The number of aliphatic hydroxyl groups is 1. The molecule has 1 aromatic heterocycles. The lowest BCUT2D eigenvalue weighted by molar-refractivity contribution is -0.0565. The summed E-state index contributed by atoms with van der Waals surface area (Å²) in [6, 6.07) is 20.7. The molecule has 2 aliphatic rings. The van der Waals surface area contributed by atoms with Crippen LogP contribution in [-0.4, -0.2) is 34.2 Å². The van der Waals surface area contributed by atoms with Gasteiger partial charge in [-0.25, -0.2) is 0 Å². The van der Waals surface area contributed by atoms with Crippen molar-refractivity contribution in [2.24, 2.45) is 0 Å². The van der Waals surface area contributed by atoms with Crippen molar-refractivity contribution in [3.63, 3.8) is 0 Å². The van der Waals surface area contributed by atoms with Gasteiger partial charge in [-0.1, -0.05) is 36.4 Å². The predicted octanol–water partition coefficient (Wildman–Crippen LogP) is 5.35. The lowest BCUT2D eigenvalue weighted by Gasteiger charge is -2.58. The highest BCUT2D eigenvalue weighted by Crippen LogP contribution is 2.55. The molecule has 3 unspecified atom stereocenters. The van der Waals surface area contributed by atoms with E-state index in [1.165, 1.54) is 16.7 Å². The van der Waals surface area contributed by atoms with E-state index in [0.717, 1.165) is 49.9 Å². The Kier molecular flexibility index (Phi) is 6.48. The normalized spacial score (nSPS) is 27.4. The summed E-state index contributed by atoms with van der Waals surface area (Å²) in [6.07, 6.45) is 7.91. The molecule has 0 bridgehead atoms. The van der Waals surface area contributed by atoms with E-state index in [2.05, 4.69) is 65.1 Å². The second kappa shape index (κ2) is 9.45. The van der Waals surface area contributed by atoms with Crippen LogP contribution in [0, 0.1) is 6.92 Å². The number of nitrogens with one attached hydrogen (secondary N) is 2. The Hall–Kier alpha value is -3.02. The Balaban J connectivity index is 1.59. The number of aromatic nitrogens is 1. The second-order valence-corrected chi connectivity index (χ2v) is 11.1. The molecule has 5 rings (SSSR count). The first-order chi connectivity index (χ1) is 17.3. The number of carbonyl (C=O) groups excluding carboxylic acids is 1. The quantitative estimate of drug-likeness (QED) is 0.457. The Morgan fingerprint density at radius 1 is 1.06 bits per heavy atom. The zero-order valence-electron chi connectivity index (χ0n) is 21.6. The Bertz CT molecular complexity index is 1260. The number of likely N-dealkylation sites (N-methyl/N-ethyl adjacent to an activating group) is 1. The van der Waals surface area contributed by atoms with Crippen LogP contribution in [0.25, 0.3) is 0 Å². The fraction of sp³-hybridized carbons (Fsp3) is 0.419. The van der Waals surface area contributed by atoms with Gasteiger partial charge in [-0.2, -0.15) is 0 Å². The van der Waals surface area contributed by atoms with Gasteiger partial charge in [-0.15, -0.1) is 0 Å². The molecule has 1 fully saturated rings. The van der Waals surface area contributed by atoms with E-state index in [9.17, 15) is 9.90 Å². The predicted molar refractivity (Wildman–Crippen MR) is 144 cm³/mol. The zero-order chi connectivity index (χ0) is 25.4. The van der Waals surface area contributed by atoms with Crippen molar-refractivity contribution in [3.05, 3.63) is 94.8 Å². The standard InChI is InChI=1S/C31H37N3O2/c1-22-27(12-8-18-33-22)34-28(35)25-13-14-26-24(19-25)11-7-15-31(32-3)21-29(2,36)16-17-30(26,31)20-23-9-5-4-6-10-23/h4-6,8-10,12-14,18-19,32,36H,7,11,15-17,20-21H2,1-3H3,(H,34,35). The maximum atomic E-state index is 13.2. The third kappa shape index (κ3) is 4.35.